The predicted octanol–water partition coefficient (Wildman–Crippen LogP) is 4.08. The molecule has 2 rings (SSSR count). The van der Waals surface area contributed by atoms with E-state index in [9.17, 15) is 4.79 Å². The van der Waals surface area contributed by atoms with Gasteiger partial charge < -0.3 is 0 Å². The number of nitrogens with zero attached hydrogens (tertiary/aromatic N) is 1. The van der Waals surface area contributed by atoms with Crippen molar-refractivity contribution in [2.45, 2.75) is 17.1 Å². The second-order valence-corrected chi connectivity index (χ2v) is 6.69. The van der Waals surface area contributed by atoms with Gasteiger partial charge in [0.25, 0.3) is 5.91 Å². The van der Waals surface area contributed by atoms with Crippen molar-refractivity contribution in [3.63, 3.8) is 0 Å². The lowest BCUT2D eigenvalue weighted by atomic mass is 10.2. The molecule has 0 aliphatic carbocycles. The van der Waals surface area contributed by atoms with Gasteiger partial charge in [-0.15, -0.1) is 11.8 Å². The van der Waals surface area contributed by atoms with Crippen LogP contribution in [0.1, 0.15) is 12.5 Å². The molecule has 0 saturated heterocycles. The van der Waals surface area contributed by atoms with Crippen LogP contribution >= 0.6 is 27.7 Å². The van der Waals surface area contributed by atoms with Crippen molar-refractivity contribution in [2.24, 2.45) is 5.10 Å². The van der Waals surface area contributed by atoms with Gasteiger partial charge in [-0.25, -0.2) is 5.43 Å². The van der Waals surface area contributed by atoms with Crippen LogP contribution in [0.25, 0.3) is 0 Å². The van der Waals surface area contributed by atoms with Gasteiger partial charge in [0.15, 0.2) is 0 Å². The number of nitrogens with one attached hydrogen (secondary N) is 1. The molecular weight excluding hydrogens is 348 g/mol. The number of carbonyl (C=O) groups excluding carboxylic acids is 1. The second kappa shape index (κ2) is 8.00. The summed E-state index contributed by atoms with van der Waals surface area (Å²) in [6.45, 7) is 1.86. The Morgan fingerprint density at radius 3 is 2.52 bits per heavy atom. The van der Waals surface area contributed by atoms with Crippen LogP contribution in [-0.4, -0.2) is 17.4 Å². The Labute approximate surface area is 137 Å². The summed E-state index contributed by atoms with van der Waals surface area (Å²) in [5.74, 6) is -0.114. The number of hydrogen-bond donors (Lipinski definition) is 1. The van der Waals surface area contributed by atoms with E-state index >= 15 is 0 Å². The highest BCUT2D eigenvalue weighted by atomic mass is 79.9. The van der Waals surface area contributed by atoms with Crippen molar-refractivity contribution in [3.8, 4) is 0 Å². The number of carbonyl (C=O) groups is 1. The maximum absolute atomic E-state index is 11.9. The average Bonchev–Trinajstić information content (AvgIpc) is 2.50. The van der Waals surface area contributed by atoms with Gasteiger partial charge in [0.05, 0.1) is 11.5 Å². The lowest BCUT2D eigenvalue weighted by Gasteiger charge is -2.08. The maximum atomic E-state index is 11.9. The highest BCUT2D eigenvalue weighted by Crippen LogP contribution is 2.22. The Bertz CT molecular complexity index is 614. The number of thioether (sulfide) groups is 1. The number of halogens is 1. The third-order valence-corrected chi connectivity index (χ3v) is 4.32. The molecule has 1 amide bonds. The fourth-order valence-corrected chi connectivity index (χ4v) is 2.71. The van der Waals surface area contributed by atoms with Crippen LogP contribution in [-0.2, 0) is 4.79 Å². The van der Waals surface area contributed by atoms with E-state index in [0.29, 0.717) is 0 Å². The first-order valence-corrected chi connectivity index (χ1v) is 8.12. The van der Waals surface area contributed by atoms with Crippen LogP contribution in [0.5, 0.6) is 0 Å². The lowest BCUT2D eigenvalue weighted by Crippen LogP contribution is -2.26. The summed E-state index contributed by atoms with van der Waals surface area (Å²) in [6, 6.07) is 17.5. The molecule has 2 aromatic rings. The first kappa shape index (κ1) is 15.8. The molecule has 0 bridgehead atoms. The molecule has 0 spiro atoms. The third kappa shape index (κ3) is 5.36. The van der Waals surface area contributed by atoms with E-state index in [-0.39, 0.29) is 11.2 Å². The molecule has 21 heavy (non-hydrogen) atoms. The lowest BCUT2D eigenvalue weighted by molar-refractivity contribution is -0.120. The van der Waals surface area contributed by atoms with Gasteiger partial charge in [0.1, 0.15) is 0 Å². The molecule has 0 saturated carbocycles. The smallest absolute Gasteiger partial charge is 0.253 e. The van der Waals surface area contributed by atoms with E-state index < -0.39 is 0 Å². The zero-order valence-corrected chi connectivity index (χ0v) is 13.9. The Kier molecular flexibility index (Phi) is 6.02. The van der Waals surface area contributed by atoms with E-state index in [1.54, 1.807) is 6.21 Å². The minimum absolute atomic E-state index is 0.114. The Morgan fingerprint density at radius 1 is 1.19 bits per heavy atom. The number of hydrazone groups is 1. The molecule has 1 N–H and O–H groups in total. The standard InChI is InChI=1S/C16H15BrN2OS/c1-12(21-15-5-3-2-4-6-15)16(20)19-18-11-13-7-9-14(17)10-8-13/h2-12H,1H3,(H,19,20)/b18-11-/t12-/m1/s1. The first-order valence-electron chi connectivity index (χ1n) is 6.45. The average molecular weight is 363 g/mol. The van der Waals surface area contributed by atoms with E-state index in [1.165, 1.54) is 11.8 Å². The molecule has 3 nitrogen and oxygen atoms in total. The Morgan fingerprint density at radius 2 is 1.86 bits per heavy atom. The summed E-state index contributed by atoms with van der Waals surface area (Å²) in [6.07, 6.45) is 1.63. The van der Waals surface area contributed by atoms with Crippen molar-refractivity contribution in [2.75, 3.05) is 0 Å². The molecule has 1 atom stereocenters. The van der Waals surface area contributed by atoms with Crippen molar-refractivity contribution in [1.82, 2.24) is 5.43 Å². The first-order chi connectivity index (χ1) is 10.1. The summed E-state index contributed by atoms with van der Waals surface area (Å²) in [5, 5.41) is 3.78. The fourth-order valence-electron chi connectivity index (χ4n) is 1.57. The molecule has 0 unspecified atom stereocenters. The largest absolute Gasteiger partial charge is 0.272 e. The highest BCUT2D eigenvalue weighted by molar-refractivity contribution is 9.10. The number of rotatable bonds is 5. The van der Waals surface area contributed by atoms with Crippen LogP contribution < -0.4 is 5.43 Å². The minimum atomic E-state index is -0.200. The number of benzene rings is 2. The molecule has 0 aromatic heterocycles. The van der Waals surface area contributed by atoms with Crippen molar-refractivity contribution >= 4 is 39.8 Å². The van der Waals surface area contributed by atoms with Crippen LogP contribution in [0.3, 0.4) is 0 Å². The predicted molar refractivity (Wildman–Crippen MR) is 91.6 cm³/mol. The van der Waals surface area contributed by atoms with E-state index in [4.69, 9.17) is 0 Å². The zero-order valence-electron chi connectivity index (χ0n) is 11.5. The van der Waals surface area contributed by atoms with Crippen LogP contribution in [0.15, 0.2) is 69.1 Å². The summed E-state index contributed by atoms with van der Waals surface area (Å²) < 4.78 is 1.01. The summed E-state index contributed by atoms with van der Waals surface area (Å²) in [7, 11) is 0. The number of hydrogen-bond acceptors (Lipinski definition) is 3. The van der Waals surface area contributed by atoms with Crippen molar-refractivity contribution in [1.29, 1.82) is 0 Å². The topological polar surface area (TPSA) is 41.5 Å². The van der Waals surface area contributed by atoms with E-state index in [2.05, 4.69) is 26.5 Å². The van der Waals surface area contributed by atoms with Gasteiger partial charge in [-0.05, 0) is 36.8 Å². The quantitative estimate of drug-likeness (QED) is 0.494. The molecular formula is C16H15BrN2OS. The zero-order chi connectivity index (χ0) is 15.1. The molecule has 0 fully saturated rings. The van der Waals surface area contributed by atoms with Gasteiger partial charge in [0.2, 0.25) is 0 Å². The SMILES string of the molecule is C[C@@H](Sc1ccccc1)C(=O)N/N=C\c1ccc(Br)cc1. The van der Waals surface area contributed by atoms with Gasteiger partial charge in [0, 0.05) is 9.37 Å². The minimum Gasteiger partial charge on any atom is -0.272 e. The van der Waals surface area contributed by atoms with E-state index in [1.807, 2.05) is 61.5 Å². The normalized spacial score (nSPS) is 12.3. The monoisotopic (exact) mass is 362 g/mol. The van der Waals surface area contributed by atoms with Gasteiger partial charge in [-0.1, -0.05) is 46.3 Å². The molecule has 0 aliphatic rings. The third-order valence-electron chi connectivity index (χ3n) is 2.68. The molecule has 2 aromatic carbocycles. The van der Waals surface area contributed by atoms with Crippen LogP contribution in [0.2, 0.25) is 0 Å². The molecule has 0 aliphatic heterocycles. The van der Waals surface area contributed by atoms with Crippen LogP contribution in [0, 0.1) is 0 Å². The van der Waals surface area contributed by atoms with Gasteiger partial charge in [-0.3, -0.25) is 4.79 Å². The second-order valence-electron chi connectivity index (χ2n) is 4.36. The Balaban J connectivity index is 1.85. The van der Waals surface area contributed by atoms with Gasteiger partial charge in [-0.2, -0.15) is 5.10 Å². The van der Waals surface area contributed by atoms with Crippen molar-refractivity contribution < 1.29 is 4.79 Å². The molecule has 108 valence electrons. The van der Waals surface area contributed by atoms with Gasteiger partial charge >= 0.3 is 0 Å². The van der Waals surface area contributed by atoms with E-state index in [0.717, 1.165) is 14.9 Å². The molecule has 0 radical (unpaired) electrons. The summed E-state index contributed by atoms with van der Waals surface area (Å²) in [4.78, 5) is 13.0. The maximum Gasteiger partial charge on any atom is 0.253 e. The Hall–Kier alpha value is -1.59. The highest BCUT2D eigenvalue weighted by Gasteiger charge is 2.13. The fraction of sp³-hybridized carbons (Fsp3) is 0.125. The number of amides is 1. The summed E-state index contributed by atoms with van der Waals surface area (Å²) in [5.41, 5.74) is 3.50. The molecule has 5 heteroatoms. The molecule has 0 heterocycles. The van der Waals surface area contributed by atoms with Crippen molar-refractivity contribution in [3.05, 3.63) is 64.6 Å². The van der Waals surface area contributed by atoms with Crippen LogP contribution in [0.4, 0.5) is 0 Å². The summed E-state index contributed by atoms with van der Waals surface area (Å²) >= 11 is 4.88.